The fraction of sp³-hybridized carbons (Fsp3) is 0.500. The molecule has 19 heavy (non-hydrogen) atoms. The van der Waals surface area contributed by atoms with Gasteiger partial charge in [0.25, 0.3) is 0 Å². The molecule has 0 unspecified atom stereocenters. The molecule has 0 radical (unpaired) electrons. The number of piperidine rings is 1. The van der Waals surface area contributed by atoms with Crippen molar-refractivity contribution in [3.63, 3.8) is 0 Å². The molecule has 8 nitrogen and oxygen atoms in total. The minimum absolute atomic E-state index is 0.234. The zero-order chi connectivity index (χ0) is 13.1. The molecular weight excluding hydrogens is 264 g/mol. The van der Waals surface area contributed by atoms with E-state index >= 15 is 0 Å². The van der Waals surface area contributed by atoms with Gasteiger partial charge in [0.05, 0.1) is 0 Å². The van der Waals surface area contributed by atoms with E-state index in [9.17, 15) is 0 Å². The molecule has 3 N–H and O–H groups in total. The van der Waals surface area contributed by atoms with E-state index in [4.69, 9.17) is 5.73 Å². The number of aromatic amines is 1. The number of anilines is 2. The number of nitrogen functional groups attached to an aromatic ring is 1. The molecule has 1 aliphatic rings. The van der Waals surface area contributed by atoms with Gasteiger partial charge in [0, 0.05) is 13.1 Å². The lowest BCUT2D eigenvalue weighted by Gasteiger charge is -2.26. The fourth-order valence-corrected chi connectivity index (χ4v) is 2.61. The van der Waals surface area contributed by atoms with Crippen LogP contribution in [0.4, 0.5) is 11.9 Å². The highest BCUT2D eigenvalue weighted by Gasteiger charge is 2.16. The Labute approximate surface area is 114 Å². The summed E-state index contributed by atoms with van der Waals surface area (Å²) in [6.45, 7) is 1.94. The highest BCUT2D eigenvalue weighted by Crippen LogP contribution is 2.23. The molecule has 0 bridgehead atoms. The van der Waals surface area contributed by atoms with Gasteiger partial charge in [-0.25, -0.2) is 4.98 Å². The zero-order valence-electron chi connectivity index (χ0n) is 10.3. The fourth-order valence-electron chi connectivity index (χ4n) is 1.97. The predicted molar refractivity (Wildman–Crippen MR) is 70.8 cm³/mol. The van der Waals surface area contributed by atoms with Crippen molar-refractivity contribution in [3.05, 3.63) is 6.33 Å². The van der Waals surface area contributed by atoms with Crippen molar-refractivity contribution in [1.82, 2.24) is 30.1 Å². The second kappa shape index (κ2) is 5.39. The molecule has 0 aromatic carbocycles. The molecule has 3 heterocycles. The first-order valence-electron chi connectivity index (χ1n) is 6.11. The van der Waals surface area contributed by atoms with E-state index in [1.807, 2.05) is 0 Å². The molecule has 0 amide bonds. The maximum absolute atomic E-state index is 5.75. The Bertz CT molecular complexity index is 536. The summed E-state index contributed by atoms with van der Waals surface area (Å²) in [6.07, 6.45) is 5.03. The number of nitrogens with zero attached hydrogens (tertiary/aromatic N) is 6. The maximum Gasteiger partial charge on any atom is 0.231 e. The van der Waals surface area contributed by atoms with E-state index < -0.39 is 0 Å². The molecule has 9 heteroatoms. The molecular formula is C10H14N8S. The number of aromatic nitrogens is 6. The quantitative estimate of drug-likeness (QED) is 0.845. The van der Waals surface area contributed by atoms with Crippen molar-refractivity contribution in [2.24, 2.45) is 0 Å². The van der Waals surface area contributed by atoms with Gasteiger partial charge in [-0.3, -0.25) is 5.10 Å². The Hall–Kier alpha value is -1.90. The summed E-state index contributed by atoms with van der Waals surface area (Å²) >= 11 is 1.29. The van der Waals surface area contributed by atoms with Crippen LogP contribution >= 0.6 is 11.8 Å². The van der Waals surface area contributed by atoms with E-state index in [0.717, 1.165) is 25.9 Å². The van der Waals surface area contributed by atoms with E-state index in [2.05, 4.69) is 35.0 Å². The largest absolute Gasteiger partial charge is 0.368 e. The molecule has 0 spiro atoms. The smallest absolute Gasteiger partial charge is 0.231 e. The number of nitrogens with two attached hydrogens (primary N) is 1. The monoisotopic (exact) mass is 278 g/mol. The Morgan fingerprint density at radius 1 is 1.16 bits per heavy atom. The van der Waals surface area contributed by atoms with Crippen LogP contribution in [0.15, 0.2) is 16.6 Å². The van der Waals surface area contributed by atoms with Crippen molar-refractivity contribution in [3.8, 4) is 0 Å². The van der Waals surface area contributed by atoms with Gasteiger partial charge >= 0.3 is 0 Å². The number of H-pyrrole nitrogens is 1. The third kappa shape index (κ3) is 2.92. The van der Waals surface area contributed by atoms with Crippen molar-refractivity contribution in [2.45, 2.75) is 29.6 Å². The highest BCUT2D eigenvalue weighted by atomic mass is 32.2. The highest BCUT2D eigenvalue weighted by molar-refractivity contribution is 7.99. The van der Waals surface area contributed by atoms with Crippen molar-refractivity contribution in [1.29, 1.82) is 0 Å². The van der Waals surface area contributed by atoms with Gasteiger partial charge in [-0.05, 0) is 31.0 Å². The van der Waals surface area contributed by atoms with E-state index in [1.165, 1.54) is 24.5 Å². The van der Waals surface area contributed by atoms with Gasteiger partial charge in [-0.15, -0.1) is 0 Å². The SMILES string of the molecule is Nc1nc(Sc2ncn[nH]2)nc(N2CCCCC2)n1. The van der Waals surface area contributed by atoms with E-state index in [-0.39, 0.29) is 5.95 Å². The molecule has 1 saturated heterocycles. The topological polar surface area (TPSA) is 109 Å². The minimum Gasteiger partial charge on any atom is -0.368 e. The summed E-state index contributed by atoms with van der Waals surface area (Å²) in [6, 6.07) is 0. The normalized spacial score (nSPS) is 15.7. The number of hydrogen-bond donors (Lipinski definition) is 2. The van der Waals surface area contributed by atoms with Gasteiger partial charge in [0.15, 0.2) is 5.16 Å². The number of rotatable bonds is 3. The van der Waals surface area contributed by atoms with E-state index in [0.29, 0.717) is 16.3 Å². The van der Waals surface area contributed by atoms with Gasteiger partial charge in [-0.1, -0.05) is 0 Å². The molecule has 2 aromatic rings. The molecule has 2 aromatic heterocycles. The second-order valence-electron chi connectivity index (χ2n) is 4.22. The maximum atomic E-state index is 5.75. The Kier molecular flexibility index (Phi) is 3.45. The lowest BCUT2D eigenvalue weighted by molar-refractivity contribution is 0.565. The minimum atomic E-state index is 0.234. The lowest BCUT2D eigenvalue weighted by atomic mass is 10.1. The van der Waals surface area contributed by atoms with Crippen molar-refractivity contribution < 1.29 is 0 Å². The Morgan fingerprint density at radius 2 is 2.00 bits per heavy atom. The van der Waals surface area contributed by atoms with Crippen LogP contribution in [0, 0.1) is 0 Å². The average Bonchev–Trinajstić information content (AvgIpc) is 2.92. The first-order valence-corrected chi connectivity index (χ1v) is 6.92. The summed E-state index contributed by atoms with van der Waals surface area (Å²) in [5.74, 6) is 0.881. The molecule has 1 fully saturated rings. The first-order chi connectivity index (χ1) is 9.31. The standard InChI is InChI=1S/C10H14N8S/c11-7-14-8(18-4-2-1-3-5-18)16-10(15-7)19-9-12-6-13-17-9/h6H,1-5H2,(H,12,13,17)(H2,11,14,15,16). The van der Waals surface area contributed by atoms with Crippen LogP contribution in [-0.2, 0) is 0 Å². The average molecular weight is 278 g/mol. The number of hydrogen-bond acceptors (Lipinski definition) is 8. The van der Waals surface area contributed by atoms with Crippen LogP contribution < -0.4 is 10.6 Å². The molecule has 3 rings (SSSR count). The van der Waals surface area contributed by atoms with Gasteiger partial charge in [0.2, 0.25) is 17.1 Å². The molecule has 0 aliphatic carbocycles. The predicted octanol–water partition coefficient (Wildman–Crippen LogP) is 0.713. The molecule has 0 atom stereocenters. The number of nitrogens with one attached hydrogen (secondary N) is 1. The Balaban J connectivity index is 1.82. The van der Waals surface area contributed by atoms with Crippen LogP contribution in [0.5, 0.6) is 0 Å². The van der Waals surface area contributed by atoms with Gasteiger partial charge in [0.1, 0.15) is 6.33 Å². The van der Waals surface area contributed by atoms with Crippen LogP contribution in [0.25, 0.3) is 0 Å². The lowest BCUT2D eigenvalue weighted by Crippen LogP contribution is -2.31. The van der Waals surface area contributed by atoms with Crippen LogP contribution in [0.1, 0.15) is 19.3 Å². The first kappa shape index (κ1) is 12.2. The third-order valence-electron chi connectivity index (χ3n) is 2.84. The van der Waals surface area contributed by atoms with Crippen LogP contribution in [0.3, 0.4) is 0 Å². The second-order valence-corrected chi connectivity index (χ2v) is 5.17. The summed E-state index contributed by atoms with van der Waals surface area (Å²) in [5.41, 5.74) is 5.75. The van der Waals surface area contributed by atoms with Crippen LogP contribution in [0.2, 0.25) is 0 Å². The van der Waals surface area contributed by atoms with Crippen molar-refractivity contribution >= 4 is 23.7 Å². The molecule has 1 aliphatic heterocycles. The van der Waals surface area contributed by atoms with Crippen molar-refractivity contribution in [2.75, 3.05) is 23.7 Å². The molecule has 0 saturated carbocycles. The summed E-state index contributed by atoms with van der Waals surface area (Å²) in [5, 5.41) is 7.70. The summed E-state index contributed by atoms with van der Waals surface area (Å²) in [7, 11) is 0. The van der Waals surface area contributed by atoms with Gasteiger partial charge < -0.3 is 10.6 Å². The third-order valence-corrected chi connectivity index (χ3v) is 3.60. The zero-order valence-corrected chi connectivity index (χ0v) is 11.1. The van der Waals surface area contributed by atoms with E-state index in [1.54, 1.807) is 0 Å². The molecule has 100 valence electrons. The summed E-state index contributed by atoms with van der Waals surface area (Å²) < 4.78 is 0. The summed E-state index contributed by atoms with van der Waals surface area (Å²) in [4.78, 5) is 18.9. The Morgan fingerprint density at radius 3 is 2.74 bits per heavy atom. The van der Waals surface area contributed by atoms with Crippen LogP contribution in [-0.4, -0.2) is 43.2 Å². The van der Waals surface area contributed by atoms with Gasteiger partial charge in [-0.2, -0.15) is 20.1 Å².